The predicted octanol–water partition coefficient (Wildman–Crippen LogP) is 4.91. The molecule has 0 saturated heterocycles. The first kappa shape index (κ1) is 16.9. The zero-order chi connectivity index (χ0) is 16.3. The van der Waals surface area contributed by atoms with E-state index < -0.39 is 23.4 Å². The fourth-order valence-corrected chi connectivity index (χ4v) is 3.01. The van der Waals surface area contributed by atoms with Crippen LogP contribution in [0.5, 0.6) is 0 Å². The number of hydrogen-bond donors (Lipinski definition) is 1. The molecule has 2 aromatic rings. The van der Waals surface area contributed by atoms with Gasteiger partial charge in [0, 0.05) is 9.37 Å². The normalized spacial score (nSPS) is 10.6. The minimum absolute atomic E-state index is 0.0287. The van der Waals surface area contributed by atoms with Crippen molar-refractivity contribution in [3.8, 4) is 0 Å². The summed E-state index contributed by atoms with van der Waals surface area (Å²) < 4.78 is 40.3. The average Bonchev–Trinajstić information content (AvgIpc) is 2.47. The number of aryl methyl sites for hydroxylation is 1. The molecule has 0 atom stereocenters. The molecule has 0 aliphatic rings. The van der Waals surface area contributed by atoms with Crippen molar-refractivity contribution in [2.24, 2.45) is 0 Å². The van der Waals surface area contributed by atoms with Gasteiger partial charge in [-0.2, -0.15) is 0 Å². The minimum atomic E-state index is -1.60. The van der Waals surface area contributed by atoms with Crippen molar-refractivity contribution >= 4 is 39.3 Å². The van der Waals surface area contributed by atoms with Gasteiger partial charge in [0.25, 0.3) is 0 Å². The molecule has 116 valence electrons. The van der Waals surface area contributed by atoms with Crippen LogP contribution in [0.4, 0.5) is 18.9 Å². The molecule has 0 saturated carbocycles. The maximum Gasteiger partial charge on any atom is 0.234 e. The average molecular weight is 390 g/mol. The van der Waals surface area contributed by atoms with E-state index in [1.807, 2.05) is 25.1 Å². The summed E-state index contributed by atoms with van der Waals surface area (Å²) in [6.45, 7) is 1.90. The summed E-state index contributed by atoms with van der Waals surface area (Å²) in [7, 11) is 0. The summed E-state index contributed by atoms with van der Waals surface area (Å²) in [5.41, 5.74) is 0.614. The molecule has 7 heteroatoms. The molecule has 1 amide bonds. The van der Waals surface area contributed by atoms with E-state index >= 15 is 0 Å². The number of thioether (sulfide) groups is 1. The number of halogens is 4. The summed E-state index contributed by atoms with van der Waals surface area (Å²) in [6.07, 6.45) is 0. The SMILES string of the molecule is Cc1cc(Br)ccc1SCC(=O)Nc1ccc(F)c(F)c1F. The Morgan fingerprint density at radius 3 is 2.59 bits per heavy atom. The Kier molecular flexibility index (Phi) is 5.52. The third-order valence-corrected chi connectivity index (χ3v) is 4.47. The van der Waals surface area contributed by atoms with Crippen LogP contribution in [-0.4, -0.2) is 11.7 Å². The van der Waals surface area contributed by atoms with Gasteiger partial charge >= 0.3 is 0 Å². The standard InChI is InChI=1S/C15H11BrF3NOS/c1-8-6-9(16)2-5-12(8)22-7-13(21)20-11-4-3-10(17)14(18)15(11)19/h2-6H,7H2,1H3,(H,20,21). The third kappa shape index (κ3) is 4.04. The Morgan fingerprint density at radius 2 is 1.91 bits per heavy atom. The lowest BCUT2D eigenvalue weighted by atomic mass is 10.2. The van der Waals surface area contributed by atoms with Gasteiger partial charge in [-0.05, 0) is 42.8 Å². The van der Waals surface area contributed by atoms with Crippen molar-refractivity contribution in [1.29, 1.82) is 0 Å². The lowest BCUT2D eigenvalue weighted by Gasteiger charge is -2.08. The zero-order valence-corrected chi connectivity index (χ0v) is 13.8. The zero-order valence-electron chi connectivity index (χ0n) is 11.4. The molecule has 22 heavy (non-hydrogen) atoms. The predicted molar refractivity (Wildman–Crippen MR) is 84.5 cm³/mol. The Hall–Kier alpha value is -1.47. The number of hydrogen-bond acceptors (Lipinski definition) is 2. The van der Waals surface area contributed by atoms with Crippen LogP contribution >= 0.6 is 27.7 Å². The second kappa shape index (κ2) is 7.19. The second-order valence-corrected chi connectivity index (χ2v) is 6.40. The molecular formula is C15H11BrF3NOS. The number of rotatable bonds is 4. The van der Waals surface area contributed by atoms with Gasteiger partial charge in [-0.25, -0.2) is 13.2 Å². The first-order valence-corrected chi connectivity index (χ1v) is 7.98. The first-order chi connectivity index (χ1) is 10.4. The van der Waals surface area contributed by atoms with E-state index in [1.165, 1.54) is 11.8 Å². The summed E-state index contributed by atoms with van der Waals surface area (Å²) in [6, 6.07) is 7.37. The van der Waals surface area contributed by atoms with Gasteiger partial charge in [0.15, 0.2) is 17.5 Å². The Labute approximate surface area is 138 Å². The van der Waals surface area contributed by atoms with E-state index in [0.29, 0.717) is 0 Å². The van der Waals surface area contributed by atoms with Crippen molar-refractivity contribution in [2.75, 3.05) is 11.1 Å². The topological polar surface area (TPSA) is 29.1 Å². The van der Waals surface area contributed by atoms with E-state index in [-0.39, 0.29) is 11.4 Å². The van der Waals surface area contributed by atoms with Crippen LogP contribution in [0, 0.1) is 24.4 Å². The van der Waals surface area contributed by atoms with Crippen molar-refractivity contribution in [2.45, 2.75) is 11.8 Å². The highest BCUT2D eigenvalue weighted by Gasteiger charge is 2.15. The number of amides is 1. The molecule has 0 aromatic heterocycles. The summed E-state index contributed by atoms with van der Waals surface area (Å²) in [5, 5.41) is 2.23. The van der Waals surface area contributed by atoms with Crippen LogP contribution in [0.2, 0.25) is 0 Å². The molecule has 0 fully saturated rings. The van der Waals surface area contributed by atoms with E-state index in [1.54, 1.807) is 0 Å². The maximum absolute atomic E-state index is 13.5. The molecule has 0 radical (unpaired) electrons. The molecule has 2 rings (SSSR count). The van der Waals surface area contributed by atoms with E-state index in [9.17, 15) is 18.0 Å². The maximum atomic E-state index is 13.5. The van der Waals surface area contributed by atoms with Gasteiger partial charge < -0.3 is 5.32 Å². The molecular weight excluding hydrogens is 379 g/mol. The van der Waals surface area contributed by atoms with Crippen LogP contribution in [0.25, 0.3) is 0 Å². The quantitative estimate of drug-likeness (QED) is 0.594. The van der Waals surface area contributed by atoms with Gasteiger partial charge in [-0.1, -0.05) is 15.9 Å². The molecule has 2 nitrogen and oxygen atoms in total. The minimum Gasteiger partial charge on any atom is -0.323 e. The highest BCUT2D eigenvalue weighted by molar-refractivity contribution is 9.10. The summed E-state index contributed by atoms with van der Waals surface area (Å²) in [5.74, 6) is -4.78. The molecule has 0 aliphatic heterocycles. The fourth-order valence-electron chi connectivity index (χ4n) is 1.73. The van der Waals surface area contributed by atoms with Crippen LogP contribution in [0.1, 0.15) is 5.56 Å². The van der Waals surface area contributed by atoms with Crippen molar-refractivity contribution in [1.82, 2.24) is 0 Å². The number of benzene rings is 2. The van der Waals surface area contributed by atoms with Gasteiger partial charge in [0.05, 0.1) is 11.4 Å². The van der Waals surface area contributed by atoms with Gasteiger partial charge in [-0.3, -0.25) is 4.79 Å². The number of carbonyl (C=O) groups is 1. The van der Waals surface area contributed by atoms with E-state index in [4.69, 9.17) is 0 Å². The Balaban J connectivity index is 2.00. The molecule has 0 unspecified atom stereocenters. The Morgan fingerprint density at radius 1 is 1.18 bits per heavy atom. The summed E-state index contributed by atoms with van der Waals surface area (Å²) in [4.78, 5) is 12.7. The van der Waals surface area contributed by atoms with Crippen molar-refractivity contribution in [3.05, 3.63) is 57.8 Å². The summed E-state index contributed by atoms with van der Waals surface area (Å²) >= 11 is 4.62. The van der Waals surface area contributed by atoms with Crippen molar-refractivity contribution < 1.29 is 18.0 Å². The monoisotopic (exact) mass is 389 g/mol. The van der Waals surface area contributed by atoms with Crippen LogP contribution < -0.4 is 5.32 Å². The third-order valence-electron chi connectivity index (χ3n) is 2.81. The highest BCUT2D eigenvalue weighted by atomic mass is 79.9. The van der Waals surface area contributed by atoms with Crippen LogP contribution in [0.15, 0.2) is 39.7 Å². The molecule has 0 aliphatic carbocycles. The van der Waals surface area contributed by atoms with Crippen LogP contribution in [0.3, 0.4) is 0 Å². The highest BCUT2D eigenvalue weighted by Crippen LogP contribution is 2.26. The molecule has 0 spiro atoms. The van der Waals surface area contributed by atoms with Gasteiger partial charge in [-0.15, -0.1) is 11.8 Å². The smallest absolute Gasteiger partial charge is 0.234 e. The van der Waals surface area contributed by atoms with E-state index in [2.05, 4.69) is 21.2 Å². The number of anilines is 1. The Bertz CT molecular complexity index is 724. The first-order valence-electron chi connectivity index (χ1n) is 6.21. The molecule has 0 heterocycles. The van der Waals surface area contributed by atoms with Crippen molar-refractivity contribution in [3.63, 3.8) is 0 Å². The lowest BCUT2D eigenvalue weighted by molar-refractivity contribution is -0.113. The number of nitrogens with one attached hydrogen (secondary N) is 1. The fraction of sp³-hybridized carbons (Fsp3) is 0.133. The van der Waals surface area contributed by atoms with Gasteiger partial charge in [0.1, 0.15) is 0 Å². The molecule has 0 bridgehead atoms. The number of carbonyl (C=O) groups excluding carboxylic acids is 1. The molecule has 1 N–H and O–H groups in total. The van der Waals surface area contributed by atoms with Crippen LogP contribution in [-0.2, 0) is 4.79 Å². The largest absolute Gasteiger partial charge is 0.323 e. The molecule has 2 aromatic carbocycles. The van der Waals surface area contributed by atoms with E-state index in [0.717, 1.165) is 27.1 Å². The lowest BCUT2D eigenvalue weighted by Crippen LogP contribution is -2.15. The van der Waals surface area contributed by atoms with Gasteiger partial charge in [0.2, 0.25) is 5.91 Å². The second-order valence-electron chi connectivity index (χ2n) is 4.47.